The molecule has 1 aromatic heterocycles. The molecule has 0 saturated carbocycles. The number of nitrogens with zero attached hydrogens (tertiary/aromatic N) is 1. The van der Waals surface area contributed by atoms with E-state index in [1.165, 1.54) is 5.56 Å². The lowest BCUT2D eigenvalue weighted by Crippen LogP contribution is -2.20. The first-order valence-electron chi connectivity index (χ1n) is 5.92. The van der Waals surface area contributed by atoms with E-state index in [0.717, 1.165) is 33.8 Å². The Kier molecular flexibility index (Phi) is 2.40. The molecule has 2 nitrogen and oxygen atoms in total. The van der Waals surface area contributed by atoms with Crippen molar-refractivity contribution in [3.8, 4) is 0 Å². The van der Waals surface area contributed by atoms with Gasteiger partial charge in [-0.3, -0.25) is 4.79 Å². The van der Waals surface area contributed by atoms with Gasteiger partial charge in [-0.1, -0.05) is 15.9 Å². The lowest BCUT2D eigenvalue weighted by Gasteiger charge is -2.26. The zero-order valence-corrected chi connectivity index (χ0v) is 11.5. The number of hydrogen-bond donors (Lipinski definition) is 0. The van der Waals surface area contributed by atoms with Gasteiger partial charge in [0.05, 0.1) is 5.52 Å². The van der Waals surface area contributed by atoms with E-state index in [0.29, 0.717) is 6.04 Å². The average molecular weight is 292 g/mol. The zero-order valence-electron chi connectivity index (χ0n) is 9.96. The van der Waals surface area contributed by atoms with E-state index in [-0.39, 0.29) is 5.43 Å². The summed E-state index contributed by atoms with van der Waals surface area (Å²) in [7, 11) is 0. The second kappa shape index (κ2) is 3.70. The van der Waals surface area contributed by atoms with Crippen LogP contribution in [-0.2, 0) is 6.42 Å². The van der Waals surface area contributed by atoms with E-state index in [1.54, 1.807) is 0 Å². The van der Waals surface area contributed by atoms with Crippen molar-refractivity contribution in [1.82, 2.24) is 4.57 Å². The maximum absolute atomic E-state index is 12.2. The Balaban J connectivity index is 2.56. The number of aryl methyl sites for hydroxylation is 2. The van der Waals surface area contributed by atoms with Crippen molar-refractivity contribution < 1.29 is 0 Å². The largest absolute Gasteiger partial charge is 0.344 e. The van der Waals surface area contributed by atoms with Gasteiger partial charge in [-0.25, -0.2) is 0 Å². The molecule has 2 heterocycles. The van der Waals surface area contributed by atoms with Crippen LogP contribution in [0.5, 0.6) is 0 Å². The number of hydrogen-bond acceptors (Lipinski definition) is 1. The van der Waals surface area contributed by atoms with Gasteiger partial charge < -0.3 is 4.57 Å². The van der Waals surface area contributed by atoms with Crippen LogP contribution < -0.4 is 5.43 Å². The van der Waals surface area contributed by atoms with Gasteiger partial charge in [0.25, 0.3) is 0 Å². The summed E-state index contributed by atoms with van der Waals surface area (Å²) in [6, 6.07) is 4.56. The number of benzene rings is 1. The SMILES string of the molecule is Cc1cn2c3c(cc(Br)cc3c1=O)CCC2C. The van der Waals surface area contributed by atoms with Crippen molar-refractivity contribution in [3.63, 3.8) is 0 Å². The van der Waals surface area contributed by atoms with Gasteiger partial charge in [0, 0.05) is 27.7 Å². The highest BCUT2D eigenvalue weighted by atomic mass is 79.9. The minimum atomic E-state index is 0.160. The van der Waals surface area contributed by atoms with E-state index < -0.39 is 0 Å². The summed E-state index contributed by atoms with van der Waals surface area (Å²) in [5, 5.41) is 0.848. The second-order valence-corrected chi connectivity index (χ2v) is 5.81. The Morgan fingerprint density at radius 3 is 2.94 bits per heavy atom. The maximum atomic E-state index is 12.2. The quantitative estimate of drug-likeness (QED) is 0.727. The van der Waals surface area contributed by atoms with Crippen LogP contribution in [0.25, 0.3) is 10.9 Å². The molecular weight excluding hydrogens is 278 g/mol. The lowest BCUT2D eigenvalue weighted by atomic mass is 9.96. The fourth-order valence-corrected chi connectivity index (χ4v) is 3.22. The molecule has 0 fully saturated rings. The van der Waals surface area contributed by atoms with Crippen molar-refractivity contribution in [3.05, 3.63) is 44.2 Å². The first kappa shape index (κ1) is 11.0. The molecule has 88 valence electrons. The van der Waals surface area contributed by atoms with Gasteiger partial charge in [0.2, 0.25) is 0 Å². The van der Waals surface area contributed by atoms with Crippen molar-refractivity contribution in [2.75, 3.05) is 0 Å². The molecule has 0 spiro atoms. The minimum Gasteiger partial charge on any atom is -0.344 e. The summed E-state index contributed by atoms with van der Waals surface area (Å²) in [6.45, 7) is 4.11. The summed E-state index contributed by atoms with van der Waals surface area (Å²) in [5.74, 6) is 0. The molecule has 0 bridgehead atoms. The predicted molar refractivity (Wildman–Crippen MR) is 73.7 cm³/mol. The first-order chi connectivity index (χ1) is 8.08. The molecular formula is C14H14BrNO. The van der Waals surface area contributed by atoms with E-state index in [9.17, 15) is 4.79 Å². The van der Waals surface area contributed by atoms with Crippen LogP contribution in [0.4, 0.5) is 0 Å². The van der Waals surface area contributed by atoms with E-state index >= 15 is 0 Å². The molecule has 0 saturated heterocycles. The highest BCUT2D eigenvalue weighted by Gasteiger charge is 2.19. The number of pyridine rings is 1. The van der Waals surface area contributed by atoms with Crippen LogP contribution in [0.1, 0.15) is 30.5 Å². The minimum absolute atomic E-state index is 0.160. The van der Waals surface area contributed by atoms with Gasteiger partial charge >= 0.3 is 0 Å². The topological polar surface area (TPSA) is 22.0 Å². The van der Waals surface area contributed by atoms with Gasteiger partial charge in [-0.05, 0) is 44.4 Å². The highest BCUT2D eigenvalue weighted by molar-refractivity contribution is 9.10. The standard InChI is InChI=1S/C14H14BrNO/c1-8-7-16-9(2)3-4-10-5-11(15)6-12(13(10)16)14(8)17/h5-7,9H,3-4H2,1-2H3. The third kappa shape index (κ3) is 1.56. The molecule has 3 rings (SSSR count). The Bertz CT molecular complexity index is 672. The fraction of sp³-hybridized carbons (Fsp3) is 0.357. The van der Waals surface area contributed by atoms with Gasteiger partial charge in [0.15, 0.2) is 5.43 Å². The van der Waals surface area contributed by atoms with Gasteiger partial charge in [0.1, 0.15) is 0 Å². The highest BCUT2D eigenvalue weighted by Crippen LogP contribution is 2.31. The smallest absolute Gasteiger partial charge is 0.192 e. The Hall–Kier alpha value is -1.09. The van der Waals surface area contributed by atoms with Crippen LogP contribution in [0.2, 0.25) is 0 Å². The monoisotopic (exact) mass is 291 g/mol. The summed E-state index contributed by atoms with van der Waals surface area (Å²) in [4.78, 5) is 12.2. The molecule has 0 radical (unpaired) electrons. The number of rotatable bonds is 0. The molecule has 0 N–H and O–H groups in total. The average Bonchev–Trinajstić information content (AvgIpc) is 2.29. The number of halogens is 1. The number of aromatic nitrogens is 1. The van der Waals surface area contributed by atoms with E-state index in [1.807, 2.05) is 19.2 Å². The molecule has 1 aliphatic rings. The summed E-state index contributed by atoms with van der Waals surface area (Å²) in [5.41, 5.74) is 3.40. The predicted octanol–water partition coefficient (Wildman–Crippen LogP) is 3.58. The second-order valence-electron chi connectivity index (χ2n) is 4.90. The fourth-order valence-electron chi connectivity index (χ4n) is 2.72. The van der Waals surface area contributed by atoms with Crippen molar-refractivity contribution >= 4 is 26.8 Å². The summed E-state index contributed by atoms with van der Waals surface area (Å²) >= 11 is 3.50. The first-order valence-corrected chi connectivity index (χ1v) is 6.71. The zero-order chi connectivity index (χ0) is 12.2. The molecule has 17 heavy (non-hydrogen) atoms. The summed E-state index contributed by atoms with van der Waals surface area (Å²) in [6.07, 6.45) is 4.20. The van der Waals surface area contributed by atoms with Gasteiger partial charge in [-0.2, -0.15) is 0 Å². The molecule has 1 atom stereocenters. The van der Waals surface area contributed by atoms with E-state index in [2.05, 4.69) is 33.5 Å². The lowest BCUT2D eigenvalue weighted by molar-refractivity contribution is 0.499. The molecule has 1 aromatic carbocycles. The maximum Gasteiger partial charge on any atom is 0.192 e. The Labute approximate surface area is 108 Å². The molecule has 3 heteroatoms. The van der Waals surface area contributed by atoms with E-state index in [4.69, 9.17) is 0 Å². The Morgan fingerprint density at radius 1 is 1.41 bits per heavy atom. The molecule has 1 unspecified atom stereocenters. The van der Waals surface area contributed by atoms with Crippen molar-refractivity contribution in [1.29, 1.82) is 0 Å². The van der Waals surface area contributed by atoms with Crippen LogP contribution >= 0.6 is 15.9 Å². The third-order valence-corrected chi connectivity index (χ3v) is 4.11. The molecule has 0 aliphatic carbocycles. The summed E-state index contributed by atoms with van der Waals surface area (Å²) < 4.78 is 3.26. The van der Waals surface area contributed by atoms with Crippen molar-refractivity contribution in [2.45, 2.75) is 32.7 Å². The van der Waals surface area contributed by atoms with Crippen LogP contribution in [-0.4, -0.2) is 4.57 Å². The normalized spacial score (nSPS) is 18.6. The van der Waals surface area contributed by atoms with Crippen molar-refractivity contribution in [2.24, 2.45) is 0 Å². The molecule has 1 aliphatic heterocycles. The van der Waals surface area contributed by atoms with Crippen LogP contribution in [0, 0.1) is 6.92 Å². The Morgan fingerprint density at radius 2 is 2.18 bits per heavy atom. The van der Waals surface area contributed by atoms with Gasteiger partial charge in [-0.15, -0.1) is 0 Å². The molecule has 0 amide bonds. The van der Waals surface area contributed by atoms with Crippen LogP contribution in [0.3, 0.4) is 0 Å². The third-order valence-electron chi connectivity index (χ3n) is 3.65. The van der Waals surface area contributed by atoms with Crippen LogP contribution in [0.15, 0.2) is 27.6 Å². The molecule has 2 aromatic rings.